The van der Waals surface area contributed by atoms with Gasteiger partial charge in [-0.05, 0) is 6.92 Å². The van der Waals surface area contributed by atoms with Gasteiger partial charge in [0.25, 0.3) is 0 Å². The van der Waals surface area contributed by atoms with Crippen molar-refractivity contribution in [1.82, 2.24) is 10.2 Å². The van der Waals surface area contributed by atoms with E-state index >= 15 is 0 Å². The summed E-state index contributed by atoms with van der Waals surface area (Å²) in [5, 5.41) is 19.7. The molecule has 0 aromatic heterocycles. The van der Waals surface area contributed by atoms with Gasteiger partial charge in [0.15, 0.2) is 6.10 Å². The van der Waals surface area contributed by atoms with Crippen LogP contribution in [0.4, 0.5) is 4.79 Å². The summed E-state index contributed by atoms with van der Waals surface area (Å²) < 4.78 is 4.66. The number of nitrogens with zero attached hydrogens (tertiary/aromatic N) is 1. The summed E-state index contributed by atoms with van der Waals surface area (Å²) in [6.07, 6.45) is -1.62. The van der Waals surface area contributed by atoms with Crippen LogP contribution in [-0.4, -0.2) is 65.9 Å². The van der Waals surface area contributed by atoms with Crippen LogP contribution >= 0.6 is 0 Å². The molecule has 0 aliphatic rings. The Labute approximate surface area is 105 Å². The molecule has 0 bridgehead atoms. The molecule has 0 fully saturated rings. The Morgan fingerprint density at radius 1 is 1.39 bits per heavy atom. The lowest BCUT2D eigenvalue weighted by molar-refractivity contribution is -0.146. The molecule has 0 radical (unpaired) electrons. The molecule has 0 aliphatic heterocycles. The number of carboxylic acids is 1. The fourth-order valence-electron chi connectivity index (χ4n) is 1.05. The van der Waals surface area contributed by atoms with Crippen molar-refractivity contribution in [3.05, 3.63) is 0 Å². The summed E-state index contributed by atoms with van der Waals surface area (Å²) in [4.78, 5) is 33.9. The Morgan fingerprint density at radius 2 is 2.00 bits per heavy atom. The maximum Gasteiger partial charge on any atom is 0.332 e. The zero-order chi connectivity index (χ0) is 14.1. The van der Waals surface area contributed by atoms with E-state index in [-0.39, 0.29) is 26.1 Å². The summed E-state index contributed by atoms with van der Waals surface area (Å²) in [5.41, 5.74) is 0. The van der Waals surface area contributed by atoms with E-state index < -0.39 is 24.1 Å². The lowest BCUT2D eigenvalue weighted by atomic mass is 10.2. The van der Waals surface area contributed by atoms with Crippen molar-refractivity contribution < 1.29 is 29.3 Å². The summed E-state index contributed by atoms with van der Waals surface area (Å²) in [5.74, 6) is -1.87. The molecule has 18 heavy (non-hydrogen) atoms. The predicted molar refractivity (Wildman–Crippen MR) is 60.9 cm³/mol. The molecule has 0 rings (SSSR count). The predicted octanol–water partition coefficient (Wildman–Crippen LogP) is -0.973. The molecule has 3 N–H and O–H groups in total. The van der Waals surface area contributed by atoms with E-state index in [1.807, 2.05) is 0 Å². The van der Waals surface area contributed by atoms with Crippen molar-refractivity contribution in [2.75, 3.05) is 26.7 Å². The zero-order valence-electron chi connectivity index (χ0n) is 10.4. The van der Waals surface area contributed by atoms with Crippen LogP contribution < -0.4 is 5.32 Å². The number of hydrogen-bond donors (Lipinski definition) is 3. The average molecular weight is 262 g/mol. The molecule has 2 amide bonds. The van der Waals surface area contributed by atoms with Gasteiger partial charge in [-0.25, -0.2) is 9.59 Å². The van der Waals surface area contributed by atoms with E-state index in [0.717, 1.165) is 4.90 Å². The highest BCUT2D eigenvalue weighted by Crippen LogP contribution is 1.91. The van der Waals surface area contributed by atoms with E-state index in [1.54, 1.807) is 6.92 Å². The van der Waals surface area contributed by atoms with Crippen molar-refractivity contribution in [1.29, 1.82) is 0 Å². The molecular weight excluding hydrogens is 244 g/mol. The Hall–Kier alpha value is -1.83. The van der Waals surface area contributed by atoms with Gasteiger partial charge in [0.05, 0.1) is 6.61 Å². The summed E-state index contributed by atoms with van der Waals surface area (Å²) in [6.45, 7) is 1.70. The first kappa shape index (κ1) is 16.2. The number of carbonyl (C=O) groups excluding carboxylic acids is 2. The number of amides is 2. The second-order valence-corrected chi connectivity index (χ2v) is 3.54. The zero-order valence-corrected chi connectivity index (χ0v) is 10.4. The van der Waals surface area contributed by atoms with Crippen molar-refractivity contribution in [2.45, 2.75) is 19.4 Å². The van der Waals surface area contributed by atoms with Crippen LogP contribution in [0.15, 0.2) is 0 Å². The number of esters is 1. The largest absolute Gasteiger partial charge is 0.479 e. The van der Waals surface area contributed by atoms with Crippen molar-refractivity contribution >= 4 is 18.0 Å². The Balaban J connectivity index is 3.88. The molecule has 8 nitrogen and oxygen atoms in total. The average Bonchev–Trinajstić information content (AvgIpc) is 2.28. The van der Waals surface area contributed by atoms with Crippen LogP contribution in [0.25, 0.3) is 0 Å². The summed E-state index contributed by atoms with van der Waals surface area (Å²) >= 11 is 0. The van der Waals surface area contributed by atoms with Crippen LogP contribution in [0.1, 0.15) is 13.3 Å². The van der Waals surface area contributed by atoms with Gasteiger partial charge in [-0.2, -0.15) is 0 Å². The fourth-order valence-corrected chi connectivity index (χ4v) is 1.05. The Morgan fingerprint density at radius 3 is 2.50 bits per heavy atom. The van der Waals surface area contributed by atoms with Crippen molar-refractivity contribution in [2.24, 2.45) is 0 Å². The van der Waals surface area contributed by atoms with E-state index in [1.165, 1.54) is 7.05 Å². The molecule has 0 aliphatic carbocycles. The van der Waals surface area contributed by atoms with Gasteiger partial charge in [0.2, 0.25) is 0 Å². The number of ether oxygens (including phenoxy) is 1. The van der Waals surface area contributed by atoms with Crippen molar-refractivity contribution in [3.8, 4) is 0 Å². The number of urea groups is 1. The molecule has 8 heteroatoms. The smallest absolute Gasteiger partial charge is 0.332 e. The van der Waals surface area contributed by atoms with Crippen LogP contribution in [-0.2, 0) is 14.3 Å². The molecule has 0 spiro atoms. The monoisotopic (exact) mass is 262 g/mol. The molecule has 0 aromatic carbocycles. The first-order chi connectivity index (χ1) is 8.38. The van der Waals surface area contributed by atoms with Gasteiger partial charge in [-0.3, -0.25) is 4.79 Å². The maximum atomic E-state index is 11.4. The number of hydrogen-bond acceptors (Lipinski definition) is 5. The SMILES string of the molecule is CCOC(=O)CN(C)C(=O)NCCC(O)C(=O)O. The number of carbonyl (C=O) groups is 3. The van der Waals surface area contributed by atoms with E-state index in [0.29, 0.717) is 0 Å². The molecule has 0 saturated carbocycles. The third kappa shape index (κ3) is 6.69. The number of likely N-dealkylation sites (N-methyl/N-ethyl adjacent to an activating group) is 1. The van der Waals surface area contributed by atoms with E-state index in [2.05, 4.69) is 10.1 Å². The normalized spacial score (nSPS) is 11.5. The number of nitrogens with one attached hydrogen (secondary N) is 1. The molecule has 0 heterocycles. The van der Waals surface area contributed by atoms with Gasteiger partial charge in [-0.15, -0.1) is 0 Å². The van der Waals surface area contributed by atoms with Gasteiger partial charge in [0, 0.05) is 20.0 Å². The lowest BCUT2D eigenvalue weighted by Crippen LogP contribution is -2.41. The topological polar surface area (TPSA) is 116 Å². The highest BCUT2D eigenvalue weighted by atomic mass is 16.5. The number of aliphatic hydroxyl groups is 1. The van der Waals surface area contributed by atoms with Gasteiger partial charge < -0.3 is 25.2 Å². The molecular formula is C10H18N2O6. The van der Waals surface area contributed by atoms with E-state index in [9.17, 15) is 14.4 Å². The minimum atomic E-state index is -1.51. The summed E-state index contributed by atoms with van der Waals surface area (Å²) in [7, 11) is 1.40. The number of rotatable bonds is 7. The standard InChI is InChI=1S/C10H18N2O6/c1-3-18-8(14)6-12(2)10(17)11-5-4-7(13)9(15)16/h7,13H,3-6H2,1-2H3,(H,11,17)(H,15,16). The maximum absolute atomic E-state index is 11.4. The van der Waals surface area contributed by atoms with Crippen molar-refractivity contribution in [3.63, 3.8) is 0 Å². The Bertz CT molecular complexity index is 307. The van der Waals surface area contributed by atoms with Crippen LogP contribution in [0, 0.1) is 0 Å². The van der Waals surface area contributed by atoms with Gasteiger partial charge in [-0.1, -0.05) is 0 Å². The van der Waals surface area contributed by atoms with E-state index in [4.69, 9.17) is 10.2 Å². The first-order valence-electron chi connectivity index (χ1n) is 5.44. The highest BCUT2D eigenvalue weighted by molar-refractivity contribution is 5.80. The van der Waals surface area contributed by atoms with Gasteiger partial charge in [0.1, 0.15) is 6.54 Å². The Kier molecular flexibility index (Phi) is 7.45. The lowest BCUT2D eigenvalue weighted by Gasteiger charge is -2.17. The molecule has 1 atom stereocenters. The first-order valence-corrected chi connectivity index (χ1v) is 5.44. The molecule has 104 valence electrons. The summed E-state index contributed by atoms with van der Waals surface area (Å²) in [6, 6.07) is -0.541. The minimum absolute atomic E-state index is 0.000530. The quantitative estimate of drug-likeness (QED) is 0.508. The molecule has 0 saturated heterocycles. The molecule has 0 aromatic rings. The minimum Gasteiger partial charge on any atom is -0.479 e. The second kappa shape index (κ2) is 8.29. The second-order valence-electron chi connectivity index (χ2n) is 3.54. The number of aliphatic hydroxyl groups excluding tert-OH is 1. The highest BCUT2D eigenvalue weighted by Gasteiger charge is 2.15. The van der Waals surface area contributed by atoms with Gasteiger partial charge >= 0.3 is 18.0 Å². The van der Waals surface area contributed by atoms with Crippen LogP contribution in [0.3, 0.4) is 0 Å². The number of aliphatic carboxylic acids is 1. The number of carboxylic acid groups (broad SMARTS) is 1. The molecule has 1 unspecified atom stereocenters. The fraction of sp³-hybridized carbons (Fsp3) is 0.700. The third-order valence-electron chi connectivity index (χ3n) is 2.00. The third-order valence-corrected chi connectivity index (χ3v) is 2.00. The van der Waals surface area contributed by atoms with Crippen LogP contribution in [0.5, 0.6) is 0 Å². The van der Waals surface area contributed by atoms with Crippen LogP contribution in [0.2, 0.25) is 0 Å².